The van der Waals surface area contributed by atoms with Crippen LogP contribution in [0.5, 0.6) is 17.2 Å². The molecule has 1 heterocycles. The molecular weight excluding hydrogens is 468 g/mol. The molecule has 0 aliphatic heterocycles. The number of aromatic nitrogens is 3. The second-order valence-electron chi connectivity index (χ2n) is 7.20. The average molecular weight is 488 g/mol. The highest BCUT2D eigenvalue weighted by atomic mass is 16.6. The number of hydrogen-bond donors (Lipinski definition) is 5. The van der Waals surface area contributed by atoms with Crippen LogP contribution >= 0.6 is 0 Å². The van der Waals surface area contributed by atoms with Gasteiger partial charge in [0.25, 0.3) is 5.69 Å². The Morgan fingerprint density at radius 2 is 1.47 bits per heavy atom. The summed E-state index contributed by atoms with van der Waals surface area (Å²) in [4.78, 5) is 23.3. The van der Waals surface area contributed by atoms with Gasteiger partial charge in [-0.25, -0.2) is 5.43 Å². The van der Waals surface area contributed by atoms with E-state index >= 15 is 0 Å². The van der Waals surface area contributed by atoms with Crippen molar-refractivity contribution in [1.29, 1.82) is 0 Å². The third-order valence-electron chi connectivity index (χ3n) is 4.70. The van der Waals surface area contributed by atoms with E-state index in [0.29, 0.717) is 22.7 Å². The van der Waals surface area contributed by atoms with Gasteiger partial charge >= 0.3 is 0 Å². The Labute approximate surface area is 204 Å². The van der Waals surface area contributed by atoms with Crippen LogP contribution < -0.4 is 20.8 Å². The maximum atomic E-state index is 10.9. The average Bonchev–Trinajstić information content (AvgIpc) is 2.86. The zero-order valence-electron chi connectivity index (χ0n) is 18.8. The Morgan fingerprint density at radius 3 is 2.03 bits per heavy atom. The van der Waals surface area contributed by atoms with Crippen molar-refractivity contribution in [2.75, 3.05) is 23.2 Å². The molecule has 0 atom stereocenters. The summed E-state index contributed by atoms with van der Waals surface area (Å²) in [7, 11) is 1.57. The number of benzene rings is 3. The Hall–Kier alpha value is -5.46. The molecule has 3 aromatic carbocycles. The van der Waals surface area contributed by atoms with E-state index in [9.17, 15) is 20.3 Å². The fraction of sp³-hybridized carbons (Fsp3) is 0.0435. The van der Waals surface area contributed by atoms with Crippen molar-refractivity contribution >= 4 is 41.1 Å². The predicted molar refractivity (Wildman–Crippen MR) is 133 cm³/mol. The Morgan fingerprint density at radius 1 is 0.889 bits per heavy atom. The first kappa shape index (κ1) is 23.7. The number of aromatic hydroxyl groups is 2. The van der Waals surface area contributed by atoms with Crippen LogP contribution in [0.3, 0.4) is 0 Å². The summed E-state index contributed by atoms with van der Waals surface area (Å²) in [6.45, 7) is 0. The third-order valence-corrected chi connectivity index (χ3v) is 4.70. The molecule has 0 saturated heterocycles. The van der Waals surface area contributed by atoms with E-state index in [1.807, 2.05) is 0 Å². The maximum Gasteiger partial charge on any atom is 0.269 e. The van der Waals surface area contributed by atoms with E-state index in [2.05, 4.69) is 36.1 Å². The van der Waals surface area contributed by atoms with Gasteiger partial charge in [0.05, 0.1) is 18.2 Å². The minimum Gasteiger partial charge on any atom is -0.508 e. The van der Waals surface area contributed by atoms with Gasteiger partial charge in [-0.3, -0.25) is 10.1 Å². The number of phenolic OH excluding ortho intramolecular Hbond substituents is 2. The first-order valence-electron chi connectivity index (χ1n) is 10.4. The second-order valence-corrected chi connectivity index (χ2v) is 7.20. The van der Waals surface area contributed by atoms with Crippen molar-refractivity contribution in [3.63, 3.8) is 0 Å². The molecule has 36 heavy (non-hydrogen) atoms. The van der Waals surface area contributed by atoms with Crippen molar-refractivity contribution in [2.45, 2.75) is 0 Å². The molecule has 0 spiro atoms. The highest BCUT2D eigenvalue weighted by Crippen LogP contribution is 2.23. The Bertz CT molecular complexity index is 1400. The maximum absolute atomic E-state index is 10.9. The number of nitrogens with one attached hydrogen (secondary N) is 3. The fourth-order valence-corrected chi connectivity index (χ4v) is 2.94. The zero-order chi connectivity index (χ0) is 25.5. The van der Waals surface area contributed by atoms with Crippen LogP contribution in [0.4, 0.5) is 34.9 Å². The standard InChI is InChI=1S/C23H20N8O5/c1-36-19-10-5-16(6-11-19)26-22-27-21(25-15-3-7-17(8-4-15)31(34)35)28-23(29-22)30-24-13-14-2-9-18(32)12-20(14)33/h2-13,32-33H,1H3,(H3,25,26,27,28,29,30). The lowest BCUT2D eigenvalue weighted by atomic mass is 10.2. The highest BCUT2D eigenvalue weighted by Gasteiger charge is 2.10. The third kappa shape index (κ3) is 6.11. The van der Waals surface area contributed by atoms with Gasteiger partial charge in [-0.1, -0.05) is 0 Å². The molecule has 0 fully saturated rings. The molecule has 4 rings (SSSR count). The molecule has 0 unspecified atom stereocenters. The quantitative estimate of drug-likeness (QED) is 0.130. The van der Waals surface area contributed by atoms with Gasteiger partial charge in [0.2, 0.25) is 17.8 Å². The number of hydrazone groups is 1. The summed E-state index contributed by atoms with van der Waals surface area (Å²) < 4.78 is 5.16. The second kappa shape index (κ2) is 10.6. The van der Waals surface area contributed by atoms with Gasteiger partial charge in [0.15, 0.2) is 0 Å². The molecule has 0 aliphatic rings. The van der Waals surface area contributed by atoms with E-state index in [1.54, 1.807) is 31.4 Å². The van der Waals surface area contributed by atoms with Crippen molar-refractivity contribution in [3.05, 3.63) is 82.4 Å². The monoisotopic (exact) mass is 488 g/mol. The number of methoxy groups -OCH3 is 1. The van der Waals surface area contributed by atoms with Crippen molar-refractivity contribution in [2.24, 2.45) is 5.10 Å². The summed E-state index contributed by atoms with van der Waals surface area (Å²) in [6.07, 6.45) is 1.33. The number of nitro benzene ring substituents is 1. The lowest BCUT2D eigenvalue weighted by Gasteiger charge is -2.10. The minimum atomic E-state index is -0.491. The van der Waals surface area contributed by atoms with Gasteiger partial charge in [-0.15, -0.1) is 0 Å². The van der Waals surface area contributed by atoms with Crippen LogP contribution in [0.25, 0.3) is 0 Å². The number of nitrogens with zero attached hydrogens (tertiary/aromatic N) is 5. The zero-order valence-corrected chi connectivity index (χ0v) is 18.8. The molecule has 0 saturated carbocycles. The SMILES string of the molecule is COc1ccc(Nc2nc(NN=Cc3ccc(O)cc3O)nc(Nc3ccc([N+](=O)[O-])cc3)n2)cc1. The lowest BCUT2D eigenvalue weighted by Crippen LogP contribution is -2.07. The molecule has 0 bridgehead atoms. The van der Waals surface area contributed by atoms with E-state index < -0.39 is 4.92 Å². The van der Waals surface area contributed by atoms with Crippen molar-refractivity contribution in [3.8, 4) is 17.2 Å². The largest absolute Gasteiger partial charge is 0.508 e. The van der Waals surface area contributed by atoms with Crippen LogP contribution in [-0.4, -0.2) is 43.4 Å². The number of rotatable bonds is 9. The molecule has 5 N–H and O–H groups in total. The summed E-state index contributed by atoms with van der Waals surface area (Å²) in [5, 5.41) is 40.3. The number of phenols is 2. The summed E-state index contributed by atoms with van der Waals surface area (Å²) in [5.41, 5.74) is 4.19. The molecule has 0 radical (unpaired) electrons. The fourth-order valence-electron chi connectivity index (χ4n) is 2.94. The molecule has 4 aromatic rings. The van der Waals surface area contributed by atoms with Crippen molar-refractivity contribution < 1.29 is 19.9 Å². The summed E-state index contributed by atoms with van der Waals surface area (Å²) in [5.74, 6) is 0.848. The first-order chi connectivity index (χ1) is 17.4. The van der Waals surface area contributed by atoms with Crippen LogP contribution in [0.2, 0.25) is 0 Å². The number of hydrogen-bond acceptors (Lipinski definition) is 12. The normalized spacial score (nSPS) is 10.7. The molecule has 0 aliphatic carbocycles. The summed E-state index contributed by atoms with van der Waals surface area (Å²) in [6, 6.07) is 17.0. The molecule has 13 nitrogen and oxygen atoms in total. The molecule has 1 aromatic heterocycles. The van der Waals surface area contributed by atoms with Gasteiger partial charge < -0.3 is 25.6 Å². The van der Waals surface area contributed by atoms with Crippen LogP contribution in [0, 0.1) is 10.1 Å². The first-order valence-corrected chi connectivity index (χ1v) is 10.4. The van der Waals surface area contributed by atoms with E-state index in [-0.39, 0.29) is 35.0 Å². The van der Waals surface area contributed by atoms with Gasteiger partial charge in [0, 0.05) is 35.1 Å². The van der Waals surface area contributed by atoms with Crippen LogP contribution in [-0.2, 0) is 0 Å². The summed E-state index contributed by atoms with van der Waals surface area (Å²) >= 11 is 0. The van der Waals surface area contributed by atoms with Crippen LogP contribution in [0.1, 0.15) is 5.56 Å². The molecule has 13 heteroatoms. The predicted octanol–water partition coefficient (Wildman–Crippen LogP) is 4.13. The van der Waals surface area contributed by atoms with Gasteiger partial charge in [-0.2, -0.15) is 20.1 Å². The number of anilines is 5. The smallest absolute Gasteiger partial charge is 0.269 e. The topological polar surface area (TPSA) is 180 Å². The molecular formula is C23H20N8O5. The molecule has 0 amide bonds. The van der Waals surface area contributed by atoms with Crippen molar-refractivity contribution in [1.82, 2.24) is 15.0 Å². The number of ether oxygens (including phenoxy) is 1. The minimum absolute atomic E-state index is 0.0489. The van der Waals surface area contributed by atoms with E-state index in [4.69, 9.17) is 4.74 Å². The molecule has 182 valence electrons. The Balaban J connectivity index is 1.58. The van der Waals surface area contributed by atoms with E-state index in [1.165, 1.54) is 48.7 Å². The van der Waals surface area contributed by atoms with Crippen LogP contribution in [0.15, 0.2) is 71.8 Å². The van der Waals surface area contributed by atoms with Gasteiger partial charge in [0.1, 0.15) is 17.2 Å². The van der Waals surface area contributed by atoms with Gasteiger partial charge in [-0.05, 0) is 48.5 Å². The number of nitro groups is 1. The van der Waals surface area contributed by atoms with E-state index in [0.717, 1.165) is 0 Å². The lowest BCUT2D eigenvalue weighted by molar-refractivity contribution is -0.384. The number of non-ortho nitro benzene ring substituents is 1. The highest BCUT2D eigenvalue weighted by molar-refractivity contribution is 5.84. The Kier molecular flexibility index (Phi) is 7.01.